The Bertz CT molecular complexity index is 1560. The molecule has 3 heterocycles. The zero-order valence-electron chi connectivity index (χ0n) is 21.5. The van der Waals surface area contributed by atoms with Crippen LogP contribution < -0.4 is 10.9 Å². The number of esters is 1. The Morgan fingerprint density at radius 3 is 2.62 bits per heavy atom. The van der Waals surface area contributed by atoms with Crippen LogP contribution in [-0.4, -0.2) is 32.8 Å². The lowest BCUT2D eigenvalue weighted by Gasteiger charge is -2.18. The number of benzene rings is 1. The van der Waals surface area contributed by atoms with Gasteiger partial charge in [0, 0.05) is 16.3 Å². The van der Waals surface area contributed by atoms with Gasteiger partial charge in [0.25, 0.3) is 5.56 Å². The van der Waals surface area contributed by atoms with Crippen molar-refractivity contribution in [2.75, 3.05) is 11.9 Å². The molecule has 1 atom stereocenters. The molecule has 0 saturated heterocycles. The molecule has 1 amide bonds. The first-order valence-electron chi connectivity index (χ1n) is 12.6. The van der Waals surface area contributed by atoms with Crippen LogP contribution in [0.25, 0.3) is 16.7 Å². The zero-order chi connectivity index (χ0) is 26.3. The molecule has 0 bridgehead atoms. The summed E-state index contributed by atoms with van der Waals surface area (Å²) >= 11 is 1.43. The van der Waals surface area contributed by atoms with Gasteiger partial charge in [-0.1, -0.05) is 18.2 Å². The second-order valence-electron chi connectivity index (χ2n) is 9.37. The summed E-state index contributed by atoms with van der Waals surface area (Å²) in [7, 11) is 0. The largest absolute Gasteiger partial charge is 0.462 e. The highest BCUT2D eigenvalue weighted by Crippen LogP contribution is 2.39. The number of aryl methyl sites for hydroxylation is 3. The molecule has 8 nitrogen and oxygen atoms in total. The molecule has 0 fully saturated rings. The SMILES string of the molecule is CCOC(=O)c1c(NC(=O)C(C)n2c(=O)cc(C)c3c(C)nn(-c4ccccc4)c32)sc2c1CCCC2. The summed E-state index contributed by atoms with van der Waals surface area (Å²) in [5.74, 6) is -0.799. The predicted molar refractivity (Wildman–Crippen MR) is 145 cm³/mol. The van der Waals surface area contributed by atoms with Crippen molar-refractivity contribution in [1.82, 2.24) is 14.3 Å². The fourth-order valence-electron chi connectivity index (χ4n) is 5.16. The van der Waals surface area contributed by atoms with Crippen molar-refractivity contribution in [2.45, 2.75) is 59.4 Å². The third-order valence-electron chi connectivity index (χ3n) is 6.89. The number of thiophene rings is 1. The molecule has 9 heteroatoms. The Morgan fingerprint density at radius 1 is 1.16 bits per heavy atom. The van der Waals surface area contributed by atoms with E-state index in [2.05, 4.69) is 5.32 Å². The van der Waals surface area contributed by atoms with Crippen LogP contribution in [0.2, 0.25) is 0 Å². The number of aromatic nitrogens is 3. The second kappa shape index (κ2) is 9.97. The quantitative estimate of drug-likeness (QED) is 0.358. The van der Waals surface area contributed by atoms with Gasteiger partial charge in [0.1, 0.15) is 16.7 Å². The van der Waals surface area contributed by atoms with Gasteiger partial charge in [-0.2, -0.15) is 5.10 Å². The van der Waals surface area contributed by atoms with Crippen LogP contribution in [0, 0.1) is 13.8 Å². The molecule has 0 spiro atoms. The number of hydrogen-bond acceptors (Lipinski definition) is 6. The highest BCUT2D eigenvalue weighted by molar-refractivity contribution is 7.17. The third-order valence-corrected chi connectivity index (χ3v) is 8.10. The minimum atomic E-state index is -0.858. The first-order valence-corrected chi connectivity index (χ1v) is 13.4. The molecule has 37 heavy (non-hydrogen) atoms. The van der Waals surface area contributed by atoms with Gasteiger partial charge in [-0.15, -0.1) is 11.3 Å². The monoisotopic (exact) mass is 518 g/mol. The number of nitrogens with zero attached hydrogens (tertiary/aromatic N) is 3. The molecule has 0 saturated carbocycles. The van der Waals surface area contributed by atoms with Gasteiger partial charge in [-0.05, 0) is 76.6 Å². The second-order valence-corrected chi connectivity index (χ2v) is 10.5. The van der Waals surface area contributed by atoms with Crippen LogP contribution in [0.4, 0.5) is 5.00 Å². The molecule has 5 rings (SSSR count). The van der Waals surface area contributed by atoms with Crippen LogP contribution in [-0.2, 0) is 22.4 Å². The van der Waals surface area contributed by atoms with Gasteiger partial charge in [-0.3, -0.25) is 14.2 Å². The lowest BCUT2D eigenvalue weighted by Crippen LogP contribution is -2.32. The topological polar surface area (TPSA) is 95.2 Å². The number of anilines is 1. The number of ether oxygens (including phenoxy) is 1. The van der Waals surface area contributed by atoms with Gasteiger partial charge in [0.15, 0.2) is 0 Å². The van der Waals surface area contributed by atoms with Gasteiger partial charge in [-0.25, -0.2) is 9.48 Å². The molecule has 192 valence electrons. The van der Waals surface area contributed by atoms with Crippen molar-refractivity contribution in [2.24, 2.45) is 0 Å². The summed E-state index contributed by atoms with van der Waals surface area (Å²) in [4.78, 5) is 41.0. The van der Waals surface area contributed by atoms with Crippen LogP contribution >= 0.6 is 11.3 Å². The summed E-state index contributed by atoms with van der Waals surface area (Å²) in [6.45, 7) is 7.50. The fraction of sp³-hybridized carbons (Fsp3) is 0.357. The standard InChI is InChI=1S/C28H30N4O4S/c1-5-36-28(35)24-20-13-9-10-14-21(20)37-26(24)29-25(34)18(4)31-22(33)15-16(2)23-17(3)30-32(27(23)31)19-11-7-6-8-12-19/h6-8,11-12,15,18H,5,9-10,13-14H2,1-4H3,(H,29,34). The molecule has 0 radical (unpaired) electrons. The van der Waals surface area contributed by atoms with E-state index < -0.39 is 12.0 Å². The predicted octanol–water partition coefficient (Wildman–Crippen LogP) is 5.12. The third kappa shape index (κ3) is 4.37. The van der Waals surface area contributed by atoms with E-state index in [1.165, 1.54) is 15.9 Å². The number of hydrogen-bond donors (Lipinski definition) is 1. The van der Waals surface area contributed by atoms with Crippen molar-refractivity contribution < 1.29 is 14.3 Å². The van der Waals surface area contributed by atoms with E-state index in [1.807, 2.05) is 44.2 Å². The van der Waals surface area contributed by atoms with Gasteiger partial charge >= 0.3 is 5.97 Å². The van der Waals surface area contributed by atoms with Crippen molar-refractivity contribution in [3.8, 4) is 5.69 Å². The van der Waals surface area contributed by atoms with Crippen molar-refractivity contribution in [3.05, 3.63) is 74.0 Å². The average Bonchev–Trinajstić information content (AvgIpc) is 3.42. The van der Waals surface area contributed by atoms with Crippen molar-refractivity contribution >= 4 is 39.2 Å². The number of pyridine rings is 1. The summed E-state index contributed by atoms with van der Waals surface area (Å²) in [6, 6.07) is 10.2. The van der Waals surface area contributed by atoms with Gasteiger partial charge in [0.05, 0.1) is 23.6 Å². The Hall–Kier alpha value is -3.72. The van der Waals surface area contributed by atoms with Crippen molar-refractivity contribution in [3.63, 3.8) is 0 Å². The maximum atomic E-state index is 13.6. The summed E-state index contributed by atoms with van der Waals surface area (Å²) in [5, 5.41) is 9.01. The van der Waals surface area contributed by atoms with Gasteiger partial charge in [0.2, 0.25) is 5.91 Å². The first kappa shape index (κ1) is 25.0. The van der Waals surface area contributed by atoms with E-state index in [0.717, 1.165) is 58.5 Å². The van der Waals surface area contributed by atoms with Crippen LogP contribution in [0.3, 0.4) is 0 Å². The molecule has 1 aromatic carbocycles. The smallest absolute Gasteiger partial charge is 0.341 e. The number of carbonyl (C=O) groups excluding carboxylic acids is 2. The van der Waals surface area contributed by atoms with E-state index in [9.17, 15) is 14.4 Å². The fourth-order valence-corrected chi connectivity index (χ4v) is 6.44. The molecular weight excluding hydrogens is 488 g/mol. The van der Waals surface area contributed by atoms with Crippen LogP contribution in [0.15, 0.2) is 41.2 Å². The van der Waals surface area contributed by atoms with E-state index in [1.54, 1.807) is 24.6 Å². The number of amides is 1. The minimum Gasteiger partial charge on any atom is -0.462 e. The maximum Gasteiger partial charge on any atom is 0.341 e. The maximum absolute atomic E-state index is 13.6. The highest BCUT2D eigenvalue weighted by atomic mass is 32.1. The zero-order valence-corrected chi connectivity index (χ0v) is 22.3. The lowest BCUT2D eigenvalue weighted by molar-refractivity contribution is -0.118. The van der Waals surface area contributed by atoms with Crippen LogP contribution in [0.1, 0.15) is 64.8 Å². The molecule has 1 unspecified atom stereocenters. The summed E-state index contributed by atoms with van der Waals surface area (Å²) in [5.41, 5.74) is 4.07. The number of rotatable bonds is 6. The highest BCUT2D eigenvalue weighted by Gasteiger charge is 2.30. The lowest BCUT2D eigenvalue weighted by atomic mass is 9.95. The molecule has 1 aliphatic carbocycles. The van der Waals surface area contributed by atoms with E-state index in [-0.39, 0.29) is 18.1 Å². The Balaban J connectivity index is 1.59. The number of para-hydroxylation sites is 1. The van der Waals surface area contributed by atoms with Gasteiger partial charge < -0.3 is 10.1 Å². The molecule has 1 aliphatic rings. The summed E-state index contributed by atoms with van der Waals surface area (Å²) in [6.07, 6.45) is 3.73. The molecule has 0 aliphatic heterocycles. The number of fused-ring (bicyclic) bond motifs is 2. The Labute approximate surface area is 218 Å². The Morgan fingerprint density at radius 2 is 1.89 bits per heavy atom. The van der Waals surface area contributed by atoms with Crippen molar-refractivity contribution in [1.29, 1.82) is 0 Å². The van der Waals surface area contributed by atoms with E-state index in [0.29, 0.717) is 16.2 Å². The van der Waals surface area contributed by atoms with Crippen LogP contribution in [0.5, 0.6) is 0 Å². The number of nitrogens with one attached hydrogen (secondary N) is 1. The van der Waals surface area contributed by atoms with E-state index in [4.69, 9.17) is 9.84 Å². The average molecular weight is 519 g/mol. The summed E-state index contributed by atoms with van der Waals surface area (Å²) < 4.78 is 8.53. The number of carbonyl (C=O) groups is 2. The minimum absolute atomic E-state index is 0.257. The first-order chi connectivity index (χ1) is 17.8. The molecule has 3 aromatic heterocycles. The molecule has 1 N–H and O–H groups in total. The van der Waals surface area contributed by atoms with E-state index >= 15 is 0 Å². The molecular formula is C28H30N4O4S. The molecule has 4 aromatic rings. The Kier molecular flexibility index (Phi) is 6.72. The normalized spacial score (nSPS) is 13.8.